The number of nitrogens with two attached hydrogens (primary N) is 1. The van der Waals surface area contributed by atoms with E-state index in [4.69, 9.17) is 10.2 Å². The van der Waals surface area contributed by atoms with E-state index in [1.54, 1.807) is 30.1 Å². The van der Waals surface area contributed by atoms with Gasteiger partial charge in [0, 0.05) is 37.9 Å². The van der Waals surface area contributed by atoms with Crippen LogP contribution in [0.5, 0.6) is 0 Å². The van der Waals surface area contributed by atoms with Gasteiger partial charge in [-0.05, 0) is 60.4 Å². The molecule has 0 aliphatic carbocycles. The topological polar surface area (TPSA) is 125 Å². The Kier molecular flexibility index (Phi) is 9.15. The standard InChI is InChI=1S/C29H35FN6O4/c1-4-5-6-11-32-26(37)16-35(17-27(38)34(3)36-14-21-7-9-23(30)13-22(21)15-36)25-10-8-20(12-19(25)2)29-33-24(18-40-29)28(31)39/h7-10,12-13,18H,4-6,11,14-17H2,1-3H3,(H2,31,39)(H,32,37). The van der Waals surface area contributed by atoms with Crippen LogP contribution in [-0.4, -0.2) is 59.4 Å². The van der Waals surface area contributed by atoms with Crippen molar-refractivity contribution < 1.29 is 23.2 Å². The Labute approximate surface area is 232 Å². The summed E-state index contributed by atoms with van der Waals surface area (Å²) in [5, 5.41) is 6.33. The number of carbonyl (C=O) groups excluding carboxylic acids is 3. The number of hydrogen-bond acceptors (Lipinski definition) is 7. The number of hydrogen-bond donors (Lipinski definition) is 2. The van der Waals surface area contributed by atoms with E-state index in [0.29, 0.717) is 30.9 Å². The van der Waals surface area contributed by atoms with Gasteiger partial charge in [0.15, 0.2) is 5.69 Å². The third kappa shape index (κ3) is 6.84. The summed E-state index contributed by atoms with van der Waals surface area (Å²) in [4.78, 5) is 43.6. The molecule has 0 fully saturated rings. The van der Waals surface area contributed by atoms with Crippen LogP contribution in [0.1, 0.15) is 53.4 Å². The van der Waals surface area contributed by atoms with Crippen LogP contribution in [-0.2, 0) is 22.7 Å². The van der Waals surface area contributed by atoms with E-state index in [1.165, 1.54) is 23.4 Å². The molecule has 212 valence electrons. The first-order valence-electron chi connectivity index (χ1n) is 13.3. The van der Waals surface area contributed by atoms with Crippen LogP contribution >= 0.6 is 0 Å². The number of likely N-dealkylation sites (N-methyl/N-ethyl adjacent to an activating group) is 1. The quantitative estimate of drug-likeness (QED) is 0.331. The molecule has 0 saturated carbocycles. The highest BCUT2D eigenvalue weighted by Gasteiger charge is 2.27. The molecule has 3 N–H and O–H groups in total. The molecule has 1 aromatic heterocycles. The van der Waals surface area contributed by atoms with E-state index in [2.05, 4.69) is 17.2 Å². The molecular formula is C29H35FN6O4. The summed E-state index contributed by atoms with van der Waals surface area (Å²) in [7, 11) is 1.68. The van der Waals surface area contributed by atoms with Crippen molar-refractivity contribution in [1.29, 1.82) is 0 Å². The molecule has 11 heteroatoms. The van der Waals surface area contributed by atoms with E-state index >= 15 is 0 Å². The number of nitrogens with one attached hydrogen (secondary N) is 1. The average molecular weight is 551 g/mol. The summed E-state index contributed by atoms with van der Waals surface area (Å²) in [6.45, 7) is 5.38. The van der Waals surface area contributed by atoms with Crippen molar-refractivity contribution in [3.63, 3.8) is 0 Å². The highest BCUT2D eigenvalue weighted by molar-refractivity contribution is 5.91. The van der Waals surface area contributed by atoms with Gasteiger partial charge in [0.1, 0.15) is 12.1 Å². The number of amides is 3. The van der Waals surface area contributed by atoms with Crippen molar-refractivity contribution in [3.05, 3.63) is 70.9 Å². The van der Waals surface area contributed by atoms with Gasteiger partial charge >= 0.3 is 0 Å². The monoisotopic (exact) mass is 550 g/mol. The fraction of sp³-hybridized carbons (Fsp3) is 0.379. The van der Waals surface area contributed by atoms with Gasteiger partial charge in [-0.2, -0.15) is 0 Å². The summed E-state index contributed by atoms with van der Waals surface area (Å²) < 4.78 is 19.1. The van der Waals surface area contributed by atoms with Gasteiger partial charge in [-0.3, -0.25) is 19.4 Å². The smallest absolute Gasteiger partial charge is 0.270 e. The maximum atomic E-state index is 13.7. The van der Waals surface area contributed by atoms with E-state index in [0.717, 1.165) is 36.0 Å². The van der Waals surface area contributed by atoms with Crippen molar-refractivity contribution in [1.82, 2.24) is 20.3 Å². The molecule has 1 aliphatic rings. The van der Waals surface area contributed by atoms with Gasteiger partial charge in [0.2, 0.25) is 11.8 Å². The second kappa shape index (κ2) is 12.7. The molecule has 2 heterocycles. The van der Waals surface area contributed by atoms with Crippen molar-refractivity contribution in [2.75, 3.05) is 31.6 Å². The SMILES string of the molecule is CCCCCNC(=O)CN(CC(=O)N(C)N1Cc2ccc(F)cc2C1)c1ccc(-c2nc(C(N)=O)co2)cc1C. The lowest BCUT2D eigenvalue weighted by Gasteiger charge is -2.32. The molecule has 4 rings (SSSR count). The number of hydrazine groups is 1. The first-order valence-corrected chi connectivity index (χ1v) is 13.3. The number of unbranched alkanes of at least 4 members (excludes halogenated alkanes) is 2. The maximum Gasteiger partial charge on any atom is 0.270 e. The summed E-state index contributed by atoms with van der Waals surface area (Å²) >= 11 is 0. The minimum Gasteiger partial charge on any atom is -0.444 e. The normalized spacial score (nSPS) is 12.7. The third-order valence-corrected chi connectivity index (χ3v) is 6.96. The molecule has 3 amide bonds. The Hall–Kier alpha value is -4.25. The van der Waals surface area contributed by atoms with Gasteiger partial charge < -0.3 is 20.4 Å². The molecule has 40 heavy (non-hydrogen) atoms. The fourth-order valence-electron chi connectivity index (χ4n) is 4.70. The second-order valence-electron chi connectivity index (χ2n) is 9.97. The van der Waals surface area contributed by atoms with Gasteiger partial charge in [0.05, 0.1) is 13.1 Å². The molecular weight excluding hydrogens is 515 g/mol. The predicted molar refractivity (Wildman–Crippen MR) is 148 cm³/mol. The maximum absolute atomic E-state index is 13.7. The van der Waals surface area contributed by atoms with Gasteiger partial charge in [-0.25, -0.2) is 14.4 Å². The summed E-state index contributed by atoms with van der Waals surface area (Å²) in [6, 6.07) is 10.0. The molecule has 0 atom stereocenters. The largest absolute Gasteiger partial charge is 0.444 e. The van der Waals surface area contributed by atoms with Gasteiger partial charge in [-0.15, -0.1) is 0 Å². The molecule has 0 saturated heterocycles. The van der Waals surface area contributed by atoms with Crippen molar-refractivity contribution in [2.24, 2.45) is 5.73 Å². The van der Waals surface area contributed by atoms with Crippen LogP contribution in [0.3, 0.4) is 0 Å². The summed E-state index contributed by atoms with van der Waals surface area (Å²) in [6.07, 6.45) is 4.16. The number of aryl methyl sites for hydroxylation is 1. The van der Waals surface area contributed by atoms with Crippen LogP contribution in [0.15, 0.2) is 47.1 Å². The number of oxazole rings is 1. The first kappa shape index (κ1) is 28.8. The zero-order valence-electron chi connectivity index (χ0n) is 23.1. The lowest BCUT2D eigenvalue weighted by atomic mass is 10.1. The number of rotatable bonds is 12. The minimum absolute atomic E-state index is 0.0118. The number of aromatic nitrogens is 1. The third-order valence-electron chi connectivity index (χ3n) is 6.96. The van der Waals surface area contributed by atoms with Crippen molar-refractivity contribution in [3.8, 4) is 11.5 Å². The van der Waals surface area contributed by atoms with E-state index in [1.807, 2.05) is 18.0 Å². The summed E-state index contributed by atoms with van der Waals surface area (Å²) in [5.41, 5.74) is 9.24. The second-order valence-corrected chi connectivity index (χ2v) is 9.97. The van der Waals surface area contributed by atoms with Crippen molar-refractivity contribution >= 4 is 23.4 Å². The lowest BCUT2D eigenvalue weighted by Crippen LogP contribution is -2.48. The number of primary amides is 1. The van der Waals surface area contributed by atoms with Gasteiger partial charge in [0.25, 0.3) is 11.8 Å². The molecule has 10 nitrogen and oxygen atoms in total. The molecule has 0 bridgehead atoms. The van der Waals surface area contributed by atoms with Crippen LogP contribution < -0.4 is 16.0 Å². The molecule has 1 aliphatic heterocycles. The van der Waals surface area contributed by atoms with Crippen LogP contribution in [0.4, 0.5) is 10.1 Å². The van der Waals surface area contributed by atoms with E-state index < -0.39 is 5.91 Å². The van der Waals surface area contributed by atoms with E-state index in [-0.39, 0.29) is 42.3 Å². The number of nitrogens with zero attached hydrogens (tertiary/aromatic N) is 4. The molecule has 0 unspecified atom stereocenters. The summed E-state index contributed by atoms with van der Waals surface area (Å²) in [5.74, 6) is -1.15. The molecule has 2 aromatic carbocycles. The zero-order chi connectivity index (χ0) is 28.8. The Bertz CT molecular complexity index is 1390. The number of benzene rings is 2. The lowest BCUT2D eigenvalue weighted by molar-refractivity contribution is -0.145. The van der Waals surface area contributed by atoms with E-state index in [9.17, 15) is 18.8 Å². The number of anilines is 1. The zero-order valence-corrected chi connectivity index (χ0v) is 23.1. The Balaban J connectivity index is 1.51. The average Bonchev–Trinajstić information content (AvgIpc) is 3.58. The Morgan fingerprint density at radius 3 is 2.58 bits per heavy atom. The number of fused-ring (bicyclic) bond motifs is 1. The first-order chi connectivity index (χ1) is 19.2. The Morgan fingerprint density at radius 2 is 1.88 bits per heavy atom. The predicted octanol–water partition coefficient (Wildman–Crippen LogP) is 3.39. The fourth-order valence-corrected chi connectivity index (χ4v) is 4.70. The van der Waals surface area contributed by atoms with Crippen LogP contribution in [0.25, 0.3) is 11.5 Å². The Morgan fingerprint density at radius 1 is 1.10 bits per heavy atom. The number of carbonyl (C=O) groups is 3. The highest BCUT2D eigenvalue weighted by Crippen LogP contribution is 2.28. The molecule has 3 aromatic rings. The van der Waals surface area contributed by atoms with Gasteiger partial charge in [-0.1, -0.05) is 25.8 Å². The van der Waals surface area contributed by atoms with Crippen LogP contribution in [0, 0.1) is 12.7 Å². The highest BCUT2D eigenvalue weighted by atomic mass is 19.1. The molecule has 0 radical (unpaired) electrons. The number of halogens is 1. The van der Waals surface area contributed by atoms with Crippen LogP contribution in [0.2, 0.25) is 0 Å². The molecule has 0 spiro atoms. The minimum atomic E-state index is -0.687. The van der Waals surface area contributed by atoms with Crippen molar-refractivity contribution in [2.45, 2.75) is 46.2 Å².